The van der Waals surface area contributed by atoms with Crippen molar-refractivity contribution >= 4 is 34.8 Å². The molecule has 0 heterocycles. The van der Waals surface area contributed by atoms with E-state index in [0.717, 1.165) is 25.7 Å². The van der Waals surface area contributed by atoms with Crippen molar-refractivity contribution in [1.82, 2.24) is 5.32 Å². The van der Waals surface area contributed by atoms with Crippen LogP contribution in [0, 0.1) is 0 Å². The highest BCUT2D eigenvalue weighted by Crippen LogP contribution is 2.19. The SMILES string of the molecule is CCC(=O)Nc1cccc(NC(=O)CNc2cccc(C(=O)NC3CCCCC3)c2)c1. The molecule has 7 nitrogen and oxygen atoms in total. The largest absolute Gasteiger partial charge is 0.376 e. The molecule has 164 valence electrons. The normalized spacial score (nSPS) is 13.8. The topological polar surface area (TPSA) is 99.3 Å². The Morgan fingerprint density at radius 1 is 0.839 bits per heavy atom. The van der Waals surface area contributed by atoms with E-state index < -0.39 is 0 Å². The predicted octanol–water partition coefficient (Wildman–Crippen LogP) is 4.15. The molecule has 2 aromatic carbocycles. The lowest BCUT2D eigenvalue weighted by Crippen LogP contribution is -2.36. The number of hydrogen-bond acceptors (Lipinski definition) is 4. The molecule has 1 aliphatic rings. The summed E-state index contributed by atoms with van der Waals surface area (Å²) in [7, 11) is 0. The molecule has 0 saturated heterocycles. The zero-order chi connectivity index (χ0) is 22.1. The second kappa shape index (κ2) is 11.2. The number of carbonyl (C=O) groups excluding carboxylic acids is 3. The van der Waals surface area contributed by atoms with E-state index >= 15 is 0 Å². The fourth-order valence-electron chi connectivity index (χ4n) is 3.60. The minimum Gasteiger partial charge on any atom is -0.376 e. The van der Waals surface area contributed by atoms with E-state index in [1.807, 2.05) is 6.07 Å². The van der Waals surface area contributed by atoms with E-state index in [0.29, 0.717) is 29.0 Å². The summed E-state index contributed by atoms with van der Waals surface area (Å²) in [5.74, 6) is -0.389. The van der Waals surface area contributed by atoms with Gasteiger partial charge in [0, 0.05) is 35.1 Å². The maximum Gasteiger partial charge on any atom is 0.251 e. The van der Waals surface area contributed by atoms with E-state index in [2.05, 4.69) is 21.3 Å². The molecule has 0 aliphatic heterocycles. The van der Waals surface area contributed by atoms with Crippen LogP contribution in [-0.4, -0.2) is 30.3 Å². The number of rotatable bonds is 8. The van der Waals surface area contributed by atoms with Gasteiger partial charge in [-0.1, -0.05) is 38.3 Å². The Kier molecular flexibility index (Phi) is 8.04. The second-order valence-electron chi connectivity index (χ2n) is 7.77. The number of nitrogens with one attached hydrogen (secondary N) is 4. The molecule has 7 heteroatoms. The Bertz CT molecular complexity index is 923. The zero-order valence-electron chi connectivity index (χ0n) is 17.9. The number of amides is 3. The van der Waals surface area contributed by atoms with Crippen LogP contribution in [0.15, 0.2) is 48.5 Å². The summed E-state index contributed by atoms with van der Waals surface area (Å²) in [4.78, 5) is 36.4. The van der Waals surface area contributed by atoms with Crippen LogP contribution in [0.4, 0.5) is 17.1 Å². The van der Waals surface area contributed by atoms with E-state index in [1.54, 1.807) is 49.4 Å². The Morgan fingerprint density at radius 2 is 1.48 bits per heavy atom. The molecule has 1 saturated carbocycles. The lowest BCUT2D eigenvalue weighted by atomic mass is 9.95. The molecule has 3 amide bonds. The van der Waals surface area contributed by atoms with Gasteiger partial charge in [0.15, 0.2) is 0 Å². The fourth-order valence-corrected chi connectivity index (χ4v) is 3.60. The summed E-state index contributed by atoms with van der Waals surface area (Å²) in [6.45, 7) is 1.83. The molecule has 2 aromatic rings. The van der Waals surface area contributed by atoms with Crippen LogP contribution in [0.3, 0.4) is 0 Å². The van der Waals surface area contributed by atoms with Gasteiger partial charge in [0.2, 0.25) is 11.8 Å². The number of benzene rings is 2. The summed E-state index contributed by atoms with van der Waals surface area (Å²) < 4.78 is 0. The molecule has 4 N–H and O–H groups in total. The van der Waals surface area contributed by atoms with Crippen LogP contribution in [0.2, 0.25) is 0 Å². The van der Waals surface area contributed by atoms with Crippen LogP contribution in [0.25, 0.3) is 0 Å². The van der Waals surface area contributed by atoms with Crippen molar-refractivity contribution in [2.45, 2.75) is 51.5 Å². The lowest BCUT2D eigenvalue weighted by molar-refractivity contribution is -0.116. The van der Waals surface area contributed by atoms with Gasteiger partial charge in [0.05, 0.1) is 6.54 Å². The first-order chi connectivity index (χ1) is 15.0. The maximum absolute atomic E-state index is 12.5. The molecular formula is C24H30N4O3. The Hall–Kier alpha value is -3.35. The van der Waals surface area contributed by atoms with Crippen LogP contribution in [-0.2, 0) is 9.59 Å². The van der Waals surface area contributed by atoms with Gasteiger partial charge in [-0.2, -0.15) is 0 Å². The first kappa shape index (κ1) is 22.3. The van der Waals surface area contributed by atoms with Gasteiger partial charge in [0.25, 0.3) is 5.91 Å². The summed E-state index contributed by atoms with van der Waals surface area (Å²) >= 11 is 0. The van der Waals surface area contributed by atoms with E-state index in [4.69, 9.17) is 0 Å². The number of anilines is 3. The third kappa shape index (κ3) is 7.13. The first-order valence-electron chi connectivity index (χ1n) is 10.9. The summed E-state index contributed by atoms with van der Waals surface area (Å²) in [6, 6.07) is 14.4. The minimum absolute atomic E-state index is 0.0548. The minimum atomic E-state index is -0.226. The highest BCUT2D eigenvalue weighted by atomic mass is 16.2. The van der Waals surface area contributed by atoms with Gasteiger partial charge in [-0.05, 0) is 49.2 Å². The van der Waals surface area contributed by atoms with Gasteiger partial charge >= 0.3 is 0 Å². The van der Waals surface area contributed by atoms with Crippen molar-refractivity contribution in [1.29, 1.82) is 0 Å². The second-order valence-corrected chi connectivity index (χ2v) is 7.77. The molecule has 0 atom stereocenters. The molecular weight excluding hydrogens is 392 g/mol. The van der Waals surface area contributed by atoms with Crippen LogP contribution >= 0.6 is 0 Å². The van der Waals surface area contributed by atoms with Gasteiger partial charge < -0.3 is 21.3 Å². The molecule has 3 rings (SSSR count). The van der Waals surface area contributed by atoms with Gasteiger partial charge in [-0.15, -0.1) is 0 Å². The molecule has 0 spiro atoms. The smallest absolute Gasteiger partial charge is 0.251 e. The molecule has 0 aromatic heterocycles. The predicted molar refractivity (Wildman–Crippen MR) is 123 cm³/mol. The lowest BCUT2D eigenvalue weighted by Gasteiger charge is -2.22. The van der Waals surface area contributed by atoms with Crippen molar-refractivity contribution in [3.05, 3.63) is 54.1 Å². The van der Waals surface area contributed by atoms with Crippen molar-refractivity contribution in [2.75, 3.05) is 22.5 Å². The fraction of sp³-hybridized carbons (Fsp3) is 0.375. The quantitative estimate of drug-likeness (QED) is 0.514. The van der Waals surface area contributed by atoms with Crippen molar-refractivity contribution in [3.63, 3.8) is 0 Å². The average molecular weight is 423 g/mol. The van der Waals surface area contributed by atoms with Crippen molar-refractivity contribution in [2.24, 2.45) is 0 Å². The maximum atomic E-state index is 12.5. The Labute approximate surface area is 183 Å². The molecule has 0 unspecified atom stereocenters. The molecule has 0 radical (unpaired) electrons. The number of hydrogen-bond donors (Lipinski definition) is 4. The first-order valence-corrected chi connectivity index (χ1v) is 10.9. The molecule has 31 heavy (non-hydrogen) atoms. The summed E-state index contributed by atoms with van der Waals surface area (Å²) in [5, 5.41) is 11.7. The summed E-state index contributed by atoms with van der Waals surface area (Å²) in [5.41, 5.74) is 2.52. The number of carbonyl (C=O) groups is 3. The van der Waals surface area contributed by atoms with Gasteiger partial charge in [0.1, 0.15) is 0 Å². The molecule has 0 bridgehead atoms. The Balaban J connectivity index is 1.51. The average Bonchev–Trinajstić information content (AvgIpc) is 2.78. The van der Waals surface area contributed by atoms with E-state index in [9.17, 15) is 14.4 Å². The third-order valence-corrected chi connectivity index (χ3v) is 5.27. The zero-order valence-corrected chi connectivity index (χ0v) is 17.9. The summed E-state index contributed by atoms with van der Waals surface area (Å²) in [6.07, 6.45) is 6.02. The third-order valence-electron chi connectivity index (χ3n) is 5.27. The monoisotopic (exact) mass is 422 g/mol. The van der Waals surface area contributed by atoms with Crippen LogP contribution in [0.1, 0.15) is 55.8 Å². The van der Waals surface area contributed by atoms with Gasteiger partial charge in [-0.3, -0.25) is 14.4 Å². The van der Waals surface area contributed by atoms with E-state index in [-0.39, 0.29) is 30.3 Å². The highest BCUT2D eigenvalue weighted by Gasteiger charge is 2.16. The highest BCUT2D eigenvalue weighted by molar-refractivity contribution is 5.97. The van der Waals surface area contributed by atoms with Crippen molar-refractivity contribution in [3.8, 4) is 0 Å². The van der Waals surface area contributed by atoms with E-state index in [1.165, 1.54) is 6.42 Å². The van der Waals surface area contributed by atoms with Crippen LogP contribution in [0.5, 0.6) is 0 Å². The van der Waals surface area contributed by atoms with Gasteiger partial charge in [-0.25, -0.2) is 0 Å². The van der Waals surface area contributed by atoms with Crippen molar-refractivity contribution < 1.29 is 14.4 Å². The Morgan fingerprint density at radius 3 is 2.19 bits per heavy atom. The molecule has 1 fully saturated rings. The van der Waals surface area contributed by atoms with Crippen LogP contribution < -0.4 is 21.3 Å². The standard InChI is InChI=1S/C24H30N4O3/c1-2-22(29)26-20-12-7-13-21(15-20)27-23(30)16-25-19-11-6-8-17(14-19)24(31)28-18-9-4-3-5-10-18/h6-8,11-15,18,25H,2-5,9-10,16H2,1H3,(H,26,29)(H,27,30)(H,28,31). The molecule has 1 aliphatic carbocycles.